The van der Waals surface area contributed by atoms with E-state index in [4.69, 9.17) is 4.74 Å². The first-order valence-electron chi connectivity index (χ1n) is 12.2. The summed E-state index contributed by atoms with van der Waals surface area (Å²) in [4.78, 5) is 41.4. The van der Waals surface area contributed by atoms with Crippen LogP contribution in [0.4, 0.5) is 4.79 Å². The van der Waals surface area contributed by atoms with Crippen LogP contribution >= 0.6 is 0 Å². The van der Waals surface area contributed by atoms with Crippen molar-refractivity contribution < 1.29 is 24.2 Å². The van der Waals surface area contributed by atoms with Crippen molar-refractivity contribution in [3.05, 3.63) is 29.8 Å². The normalized spacial score (nSPS) is 14.1. The van der Waals surface area contributed by atoms with Gasteiger partial charge in [-0.05, 0) is 52.5 Å². The summed E-state index contributed by atoms with van der Waals surface area (Å²) in [6, 6.07) is 4.23. The van der Waals surface area contributed by atoms with Gasteiger partial charge in [0.05, 0.1) is 0 Å². The number of unbranched alkanes of at least 4 members (excludes halogenated alkanes) is 1. The minimum atomic E-state index is -1.05. The van der Waals surface area contributed by atoms with Crippen LogP contribution in [0.2, 0.25) is 0 Å². The number of carbonyl (C=O) groups excluding carboxylic acids is 3. The molecule has 0 aliphatic heterocycles. The van der Waals surface area contributed by atoms with Crippen molar-refractivity contribution in [1.82, 2.24) is 15.5 Å². The van der Waals surface area contributed by atoms with Gasteiger partial charge in [0.2, 0.25) is 11.8 Å². The number of ether oxygens (including phenoxy) is 1. The molecule has 0 aromatic heterocycles. The number of para-hydroxylation sites is 1. The van der Waals surface area contributed by atoms with Gasteiger partial charge in [0.25, 0.3) is 0 Å². The maximum Gasteiger partial charge on any atom is 0.408 e. The Morgan fingerprint density at radius 1 is 1.09 bits per heavy atom. The summed E-state index contributed by atoms with van der Waals surface area (Å²) in [7, 11) is 0. The molecule has 34 heavy (non-hydrogen) atoms. The highest BCUT2D eigenvalue weighted by atomic mass is 16.6. The molecule has 3 atom stereocenters. The third-order valence-electron chi connectivity index (χ3n) is 5.51. The molecule has 0 heterocycles. The number of alkyl carbamates (subject to hydrolysis) is 1. The van der Waals surface area contributed by atoms with Crippen LogP contribution in [0.15, 0.2) is 24.3 Å². The molecule has 8 nitrogen and oxygen atoms in total. The smallest absolute Gasteiger partial charge is 0.408 e. The van der Waals surface area contributed by atoms with Crippen LogP contribution in [0.5, 0.6) is 5.75 Å². The lowest BCUT2D eigenvalue weighted by atomic mass is 9.96. The molecule has 1 aromatic rings. The lowest BCUT2D eigenvalue weighted by Crippen LogP contribution is -2.57. The quantitative estimate of drug-likeness (QED) is 0.406. The molecule has 1 rings (SSSR count). The molecule has 0 aliphatic rings. The second kappa shape index (κ2) is 13.2. The minimum absolute atomic E-state index is 0.0690. The average molecular weight is 478 g/mol. The van der Waals surface area contributed by atoms with Gasteiger partial charge in [-0.1, -0.05) is 52.3 Å². The first-order chi connectivity index (χ1) is 15.8. The highest BCUT2D eigenvalue weighted by Crippen LogP contribution is 2.32. The van der Waals surface area contributed by atoms with Gasteiger partial charge in [-0.15, -0.1) is 0 Å². The van der Waals surface area contributed by atoms with Crippen LogP contribution in [-0.2, 0) is 14.3 Å². The number of benzene rings is 1. The predicted octanol–water partition coefficient (Wildman–Crippen LogP) is 4.53. The summed E-state index contributed by atoms with van der Waals surface area (Å²) in [5, 5.41) is 16.2. The molecule has 0 fully saturated rings. The van der Waals surface area contributed by atoms with Gasteiger partial charge < -0.3 is 25.4 Å². The van der Waals surface area contributed by atoms with E-state index in [1.165, 1.54) is 11.0 Å². The number of amides is 3. The van der Waals surface area contributed by atoms with Crippen LogP contribution in [-0.4, -0.2) is 52.1 Å². The van der Waals surface area contributed by atoms with E-state index in [-0.39, 0.29) is 23.6 Å². The molecule has 3 amide bonds. The Hall–Kier alpha value is -2.77. The van der Waals surface area contributed by atoms with E-state index in [1.54, 1.807) is 39.0 Å². The van der Waals surface area contributed by atoms with E-state index in [0.29, 0.717) is 18.5 Å². The largest absolute Gasteiger partial charge is 0.508 e. The van der Waals surface area contributed by atoms with Crippen molar-refractivity contribution in [2.24, 2.45) is 5.92 Å². The number of carbonyl (C=O) groups is 3. The van der Waals surface area contributed by atoms with Crippen molar-refractivity contribution in [3.8, 4) is 5.75 Å². The van der Waals surface area contributed by atoms with E-state index < -0.39 is 29.7 Å². The van der Waals surface area contributed by atoms with E-state index in [0.717, 1.165) is 12.8 Å². The van der Waals surface area contributed by atoms with Crippen LogP contribution in [0.3, 0.4) is 0 Å². The average Bonchev–Trinajstić information content (AvgIpc) is 2.74. The van der Waals surface area contributed by atoms with Gasteiger partial charge in [0, 0.05) is 18.2 Å². The number of phenols is 1. The second-order valence-corrected chi connectivity index (χ2v) is 9.98. The molecule has 0 bridgehead atoms. The zero-order valence-corrected chi connectivity index (χ0v) is 22.0. The molecule has 192 valence electrons. The van der Waals surface area contributed by atoms with Crippen molar-refractivity contribution in [2.75, 3.05) is 6.54 Å². The summed E-state index contributed by atoms with van der Waals surface area (Å²) >= 11 is 0. The SMILES string of the molecule is CCCCNC(=O)C(c1ccccc1O)N(C(=O)C(NC(=O)OC(C)(C)C)C(C)C)C(C)CC. The fraction of sp³-hybridized carbons (Fsp3) is 0.654. The summed E-state index contributed by atoms with van der Waals surface area (Å²) in [5.74, 6) is -1.11. The maximum absolute atomic E-state index is 13.9. The number of aromatic hydroxyl groups is 1. The maximum atomic E-state index is 13.9. The standard InChI is InChI=1S/C26H43N3O5/c1-9-11-16-27-23(31)22(19-14-12-13-15-20(19)30)29(18(5)10-2)24(32)21(17(3)4)28-25(33)34-26(6,7)8/h12-15,17-18,21-22,30H,9-11,16H2,1-8H3,(H,27,31)(H,28,33). The van der Waals surface area contributed by atoms with Crippen molar-refractivity contribution in [2.45, 2.75) is 98.4 Å². The van der Waals surface area contributed by atoms with Gasteiger partial charge in [-0.25, -0.2) is 4.79 Å². The van der Waals surface area contributed by atoms with Gasteiger partial charge >= 0.3 is 6.09 Å². The van der Waals surface area contributed by atoms with E-state index in [1.807, 2.05) is 34.6 Å². The first-order valence-corrected chi connectivity index (χ1v) is 12.2. The summed E-state index contributed by atoms with van der Waals surface area (Å²) in [6.45, 7) is 15.2. The Morgan fingerprint density at radius 2 is 1.71 bits per heavy atom. The molecule has 0 saturated heterocycles. The van der Waals surface area contributed by atoms with Crippen LogP contribution in [0.1, 0.15) is 86.3 Å². The zero-order valence-electron chi connectivity index (χ0n) is 22.0. The Morgan fingerprint density at radius 3 is 2.21 bits per heavy atom. The summed E-state index contributed by atoms with van der Waals surface area (Å²) < 4.78 is 5.37. The molecular formula is C26H43N3O5. The number of nitrogens with zero attached hydrogens (tertiary/aromatic N) is 1. The van der Waals surface area contributed by atoms with Crippen molar-refractivity contribution >= 4 is 17.9 Å². The molecule has 0 radical (unpaired) electrons. The van der Waals surface area contributed by atoms with Crippen LogP contribution in [0.25, 0.3) is 0 Å². The Balaban J connectivity index is 3.47. The highest BCUT2D eigenvalue weighted by Gasteiger charge is 2.40. The Labute approximate surface area is 204 Å². The molecule has 3 N–H and O–H groups in total. The predicted molar refractivity (Wildman–Crippen MR) is 133 cm³/mol. The fourth-order valence-electron chi connectivity index (χ4n) is 3.53. The molecule has 0 aliphatic carbocycles. The Kier molecular flexibility index (Phi) is 11.4. The van der Waals surface area contributed by atoms with Gasteiger partial charge in [-0.3, -0.25) is 9.59 Å². The third-order valence-corrected chi connectivity index (χ3v) is 5.51. The van der Waals surface area contributed by atoms with E-state index in [9.17, 15) is 19.5 Å². The van der Waals surface area contributed by atoms with E-state index in [2.05, 4.69) is 10.6 Å². The lowest BCUT2D eigenvalue weighted by molar-refractivity contribution is -0.146. The van der Waals surface area contributed by atoms with Crippen LogP contribution < -0.4 is 10.6 Å². The van der Waals surface area contributed by atoms with Gasteiger partial charge in [-0.2, -0.15) is 0 Å². The Bertz CT molecular complexity index is 819. The first kappa shape index (κ1) is 29.3. The highest BCUT2D eigenvalue weighted by molar-refractivity contribution is 5.92. The zero-order chi connectivity index (χ0) is 26.1. The third kappa shape index (κ3) is 8.54. The fourth-order valence-corrected chi connectivity index (χ4v) is 3.53. The summed E-state index contributed by atoms with van der Waals surface area (Å²) in [5.41, 5.74) is -0.382. The number of phenolic OH excluding ortho intramolecular Hbond substituents is 1. The molecule has 0 saturated carbocycles. The van der Waals surface area contributed by atoms with Crippen molar-refractivity contribution in [1.29, 1.82) is 0 Å². The topological polar surface area (TPSA) is 108 Å². The monoisotopic (exact) mass is 477 g/mol. The number of hydrogen-bond acceptors (Lipinski definition) is 5. The number of hydrogen-bond donors (Lipinski definition) is 3. The molecule has 3 unspecified atom stereocenters. The van der Waals surface area contributed by atoms with Crippen LogP contribution in [0, 0.1) is 5.92 Å². The van der Waals surface area contributed by atoms with Gasteiger partial charge in [0.1, 0.15) is 23.4 Å². The molecule has 1 aromatic carbocycles. The summed E-state index contributed by atoms with van der Waals surface area (Å²) in [6.07, 6.45) is 1.58. The van der Waals surface area contributed by atoms with E-state index >= 15 is 0 Å². The minimum Gasteiger partial charge on any atom is -0.508 e. The van der Waals surface area contributed by atoms with Crippen molar-refractivity contribution in [3.63, 3.8) is 0 Å². The second-order valence-electron chi connectivity index (χ2n) is 9.98. The van der Waals surface area contributed by atoms with Gasteiger partial charge in [0.15, 0.2) is 0 Å². The number of rotatable bonds is 11. The molecule has 0 spiro atoms. The lowest BCUT2D eigenvalue weighted by Gasteiger charge is -2.39. The number of nitrogens with one attached hydrogen (secondary N) is 2. The molecular weight excluding hydrogens is 434 g/mol. The molecule has 8 heteroatoms.